The normalized spacial score (nSPS) is 17.5. The molecule has 1 N–H and O–H groups in total. The van der Waals surface area contributed by atoms with E-state index in [1.807, 2.05) is 12.4 Å². The molecular weight excluding hydrogens is 294 g/mol. The Morgan fingerprint density at radius 1 is 1.36 bits per heavy atom. The number of fused-ring (bicyclic) bond motifs is 1. The van der Waals surface area contributed by atoms with Crippen molar-refractivity contribution in [3.8, 4) is 0 Å². The Balaban J connectivity index is 1.52. The van der Waals surface area contributed by atoms with E-state index < -0.39 is 0 Å². The number of aryl methyl sites for hydroxylation is 1. The molecule has 0 unspecified atom stereocenters. The van der Waals surface area contributed by atoms with Crippen LogP contribution in [0.2, 0.25) is 0 Å². The minimum absolute atomic E-state index is 0.541. The number of nitrogens with zero attached hydrogens (tertiary/aromatic N) is 4. The van der Waals surface area contributed by atoms with Gasteiger partial charge in [0.1, 0.15) is 5.82 Å². The maximum Gasteiger partial charge on any atom is 0.185 e. The van der Waals surface area contributed by atoms with Crippen molar-refractivity contribution in [2.45, 2.75) is 45.7 Å². The van der Waals surface area contributed by atoms with Gasteiger partial charge in [0.15, 0.2) is 5.13 Å². The first-order valence-electron chi connectivity index (χ1n) is 8.23. The molecule has 0 radical (unpaired) electrons. The molecule has 0 saturated heterocycles. The summed E-state index contributed by atoms with van der Waals surface area (Å²) in [6, 6.07) is 0. The first kappa shape index (κ1) is 15.5. The Labute approximate surface area is 136 Å². The summed E-state index contributed by atoms with van der Waals surface area (Å²) >= 11 is 1.80. The van der Waals surface area contributed by atoms with E-state index in [0.29, 0.717) is 5.92 Å². The summed E-state index contributed by atoms with van der Waals surface area (Å²) < 4.78 is 2.29. The molecule has 2 aromatic heterocycles. The first-order valence-corrected chi connectivity index (χ1v) is 9.04. The minimum atomic E-state index is 0.541. The second-order valence-electron chi connectivity index (χ2n) is 5.73. The molecule has 3 heterocycles. The fourth-order valence-electron chi connectivity index (χ4n) is 3.09. The molecular formula is C16H25N5S. The highest BCUT2D eigenvalue weighted by atomic mass is 32.1. The van der Waals surface area contributed by atoms with Crippen LogP contribution >= 0.6 is 11.3 Å². The predicted octanol–water partition coefficient (Wildman–Crippen LogP) is 2.85. The fraction of sp³-hybridized carbons (Fsp3) is 0.625. The molecule has 0 aromatic carbocycles. The fourth-order valence-corrected chi connectivity index (χ4v) is 4.10. The van der Waals surface area contributed by atoms with Crippen LogP contribution in [0.3, 0.4) is 0 Å². The van der Waals surface area contributed by atoms with E-state index in [0.717, 1.165) is 37.9 Å². The zero-order valence-corrected chi connectivity index (χ0v) is 14.3. The lowest BCUT2D eigenvalue weighted by Gasteiger charge is -2.23. The Hall–Kier alpha value is -1.40. The van der Waals surface area contributed by atoms with Crippen molar-refractivity contribution in [1.82, 2.24) is 19.9 Å². The van der Waals surface area contributed by atoms with Crippen molar-refractivity contribution in [3.63, 3.8) is 0 Å². The number of hydrogen-bond donors (Lipinski definition) is 1. The highest BCUT2D eigenvalue weighted by Crippen LogP contribution is 2.25. The van der Waals surface area contributed by atoms with Gasteiger partial charge in [0.05, 0.1) is 0 Å². The summed E-state index contributed by atoms with van der Waals surface area (Å²) in [5, 5.41) is 4.72. The Bertz CT molecular complexity index is 587. The molecule has 0 bridgehead atoms. The minimum Gasteiger partial charge on any atom is -0.349 e. The van der Waals surface area contributed by atoms with E-state index in [4.69, 9.17) is 0 Å². The number of hydrogen-bond acceptors (Lipinski definition) is 5. The molecule has 0 aliphatic carbocycles. The maximum atomic E-state index is 4.54. The van der Waals surface area contributed by atoms with Gasteiger partial charge >= 0.3 is 0 Å². The second kappa shape index (κ2) is 7.24. The van der Waals surface area contributed by atoms with Gasteiger partial charge in [-0.25, -0.2) is 9.97 Å². The Morgan fingerprint density at radius 3 is 3.05 bits per heavy atom. The summed E-state index contributed by atoms with van der Waals surface area (Å²) in [6.07, 6.45) is 8.52. The number of thiazole rings is 1. The van der Waals surface area contributed by atoms with Crippen LogP contribution in [0.25, 0.3) is 0 Å². The zero-order valence-electron chi connectivity index (χ0n) is 13.5. The van der Waals surface area contributed by atoms with Crippen LogP contribution in [0.4, 0.5) is 5.13 Å². The van der Waals surface area contributed by atoms with Gasteiger partial charge in [0.25, 0.3) is 0 Å². The van der Waals surface area contributed by atoms with Gasteiger partial charge in [0.2, 0.25) is 0 Å². The molecule has 0 spiro atoms. The molecule has 1 aliphatic heterocycles. The Morgan fingerprint density at radius 2 is 2.23 bits per heavy atom. The SMILES string of the molecule is CCN(CC)c1ncc(CNC[C@H]2CCCn3ccnc32)s1. The predicted molar refractivity (Wildman–Crippen MR) is 91.6 cm³/mol. The molecule has 0 amide bonds. The topological polar surface area (TPSA) is 46.0 Å². The average molecular weight is 319 g/mol. The largest absolute Gasteiger partial charge is 0.349 e. The monoisotopic (exact) mass is 319 g/mol. The van der Waals surface area contributed by atoms with Crippen LogP contribution < -0.4 is 10.2 Å². The van der Waals surface area contributed by atoms with Gasteiger partial charge in [0, 0.05) is 62.1 Å². The number of nitrogens with one attached hydrogen (secondary N) is 1. The molecule has 2 aromatic rings. The number of imidazole rings is 1. The standard InChI is InChI=1S/C16H25N5S/c1-3-20(4-2)16-19-12-14(22-16)11-17-10-13-6-5-8-21-9-7-18-15(13)21/h7,9,12-13,17H,3-6,8,10-11H2,1-2H3/t13-/m1/s1. The number of rotatable bonds is 7. The van der Waals surface area contributed by atoms with E-state index >= 15 is 0 Å². The molecule has 5 nitrogen and oxygen atoms in total. The molecule has 120 valence electrons. The summed E-state index contributed by atoms with van der Waals surface area (Å²) in [7, 11) is 0. The summed E-state index contributed by atoms with van der Waals surface area (Å²) in [6.45, 7) is 9.39. The third-order valence-corrected chi connectivity index (χ3v) is 5.39. The smallest absolute Gasteiger partial charge is 0.185 e. The van der Waals surface area contributed by atoms with Gasteiger partial charge < -0.3 is 14.8 Å². The number of anilines is 1. The third kappa shape index (κ3) is 3.33. The highest BCUT2D eigenvalue weighted by Gasteiger charge is 2.20. The second-order valence-corrected chi connectivity index (χ2v) is 6.82. The summed E-state index contributed by atoms with van der Waals surface area (Å²) in [4.78, 5) is 12.7. The molecule has 0 saturated carbocycles. The van der Waals surface area contributed by atoms with Gasteiger partial charge in [-0.3, -0.25) is 0 Å². The zero-order chi connectivity index (χ0) is 15.4. The van der Waals surface area contributed by atoms with Gasteiger partial charge in [-0.1, -0.05) is 0 Å². The van der Waals surface area contributed by atoms with Crippen molar-refractivity contribution < 1.29 is 0 Å². The maximum absolute atomic E-state index is 4.54. The lowest BCUT2D eigenvalue weighted by molar-refractivity contribution is 0.423. The van der Waals surface area contributed by atoms with Gasteiger partial charge in [-0.05, 0) is 26.7 Å². The van der Waals surface area contributed by atoms with Crippen LogP contribution in [-0.4, -0.2) is 34.2 Å². The van der Waals surface area contributed by atoms with Gasteiger partial charge in [-0.2, -0.15) is 0 Å². The third-order valence-electron chi connectivity index (χ3n) is 4.33. The van der Waals surface area contributed by atoms with Crippen molar-refractivity contribution >= 4 is 16.5 Å². The van der Waals surface area contributed by atoms with Crippen molar-refractivity contribution in [2.24, 2.45) is 0 Å². The van der Waals surface area contributed by atoms with Crippen LogP contribution in [0.15, 0.2) is 18.6 Å². The summed E-state index contributed by atoms with van der Waals surface area (Å²) in [5.41, 5.74) is 0. The van der Waals surface area contributed by atoms with Crippen LogP contribution in [0.1, 0.15) is 43.3 Å². The molecule has 22 heavy (non-hydrogen) atoms. The van der Waals surface area contributed by atoms with Crippen molar-refractivity contribution in [1.29, 1.82) is 0 Å². The average Bonchev–Trinajstić information content (AvgIpc) is 3.18. The van der Waals surface area contributed by atoms with E-state index in [2.05, 4.69) is 44.8 Å². The molecule has 1 atom stereocenters. The molecule has 3 rings (SSSR count). The van der Waals surface area contributed by atoms with E-state index in [1.54, 1.807) is 11.3 Å². The van der Waals surface area contributed by atoms with Crippen molar-refractivity contribution in [3.05, 3.63) is 29.3 Å². The van der Waals surface area contributed by atoms with E-state index in [9.17, 15) is 0 Å². The van der Waals surface area contributed by atoms with Crippen LogP contribution in [-0.2, 0) is 13.1 Å². The number of aromatic nitrogens is 3. The van der Waals surface area contributed by atoms with E-state index in [-0.39, 0.29) is 0 Å². The van der Waals surface area contributed by atoms with Gasteiger partial charge in [-0.15, -0.1) is 11.3 Å². The quantitative estimate of drug-likeness (QED) is 0.852. The lowest BCUT2D eigenvalue weighted by atomic mass is 9.99. The van der Waals surface area contributed by atoms with Crippen molar-refractivity contribution in [2.75, 3.05) is 24.5 Å². The summed E-state index contributed by atoms with van der Waals surface area (Å²) in [5.74, 6) is 1.78. The molecule has 1 aliphatic rings. The molecule has 6 heteroatoms. The lowest BCUT2D eigenvalue weighted by Crippen LogP contribution is -2.26. The van der Waals surface area contributed by atoms with Crippen LogP contribution in [0, 0.1) is 0 Å². The van der Waals surface area contributed by atoms with Crippen LogP contribution in [0.5, 0.6) is 0 Å². The van der Waals surface area contributed by atoms with E-state index in [1.165, 1.54) is 23.5 Å². The Kier molecular flexibility index (Phi) is 5.10. The first-order chi connectivity index (χ1) is 10.8. The molecule has 0 fully saturated rings. The highest BCUT2D eigenvalue weighted by molar-refractivity contribution is 7.15.